The zero-order valence-corrected chi connectivity index (χ0v) is 15.4. The summed E-state index contributed by atoms with van der Waals surface area (Å²) in [6.45, 7) is 0.346. The third-order valence-electron chi connectivity index (χ3n) is 4.51. The molecular weight excluding hydrogens is 356 g/mol. The lowest BCUT2D eigenvalue weighted by Gasteiger charge is -2.19. The Morgan fingerprint density at radius 2 is 1.57 bits per heavy atom. The summed E-state index contributed by atoms with van der Waals surface area (Å²) in [5, 5.41) is 13.9. The molecule has 0 saturated heterocycles. The molecule has 1 N–H and O–H groups in total. The summed E-state index contributed by atoms with van der Waals surface area (Å²) in [4.78, 5) is 23.3. The van der Waals surface area contributed by atoms with Gasteiger partial charge in [-0.25, -0.2) is 0 Å². The number of methoxy groups -OCH3 is 1. The van der Waals surface area contributed by atoms with Gasteiger partial charge in [0.25, 0.3) is 11.6 Å². The molecule has 142 valence electrons. The summed E-state index contributed by atoms with van der Waals surface area (Å²) < 4.78 is 5.19. The van der Waals surface area contributed by atoms with E-state index in [9.17, 15) is 14.9 Å². The highest BCUT2D eigenvalue weighted by Crippen LogP contribution is 2.26. The maximum absolute atomic E-state index is 12.8. The number of hydrogen-bond donors (Lipinski definition) is 1. The van der Waals surface area contributed by atoms with Crippen molar-refractivity contribution in [3.8, 4) is 5.75 Å². The minimum atomic E-state index is -0.535. The van der Waals surface area contributed by atoms with Crippen LogP contribution in [0.15, 0.2) is 78.9 Å². The predicted molar refractivity (Wildman–Crippen MR) is 107 cm³/mol. The molecule has 6 nitrogen and oxygen atoms in total. The Bertz CT molecular complexity index is 919. The van der Waals surface area contributed by atoms with Crippen molar-refractivity contribution in [1.29, 1.82) is 0 Å². The summed E-state index contributed by atoms with van der Waals surface area (Å²) >= 11 is 0. The Morgan fingerprint density at radius 3 is 2.07 bits per heavy atom. The molecule has 0 aliphatic heterocycles. The summed E-state index contributed by atoms with van der Waals surface area (Å²) in [7, 11) is 1.43. The van der Waals surface area contributed by atoms with Crippen molar-refractivity contribution in [1.82, 2.24) is 5.32 Å². The number of ether oxygens (including phenoxy) is 1. The number of nitrogens with one attached hydrogen (secondary N) is 1. The normalized spacial score (nSPS) is 10.5. The van der Waals surface area contributed by atoms with Crippen molar-refractivity contribution in [3.05, 3.63) is 106 Å². The first-order valence-electron chi connectivity index (χ1n) is 8.80. The largest absolute Gasteiger partial charge is 0.496 e. The Labute approximate surface area is 162 Å². The second-order valence-electron chi connectivity index (χ2n) is 6.23. The van der Waals surface area contributed by atoms with E-state index in [1.807, 2.05) is 60.7 Å². The van der Waals surface area contributed by atoms with Gasteiger partial charge in [0.2, 0.25) is 0 Å². The minimum absolute atomic E-state index is 0.0453. The molecule has 0 bridgehead atoms. The molecule has 1 amide bonds. The van der Waals surface area contributed by atoms with E-state index in [-0.39, 0.29) is 17.2 Å². The van der Waals surface area contributed by atoms with Gasteiger partial charge in [-0.3, -0.25) is 14.9 Å². The van der Waals surface area contributed by atoms with Crippen molar-refractivity contribution in [2.45, 2.75) is 5.92 Å². The zero-order chi connectivity index (χ0) is 19.9. The first-order valence-corrected chi connectivity index (χ1v) is 8.80. The maximum atomic E-state index is 12.8. The molecule has 0 atom stereocenters. The van der Waals surface area contributed by atoms with Crippen LogP contribution in [0.3, 0.4) is 0 Å². The lowest BCUT2D eigenvalue weighted by atomic mass is 9.91. The fourth-order valence-corrected chi connectivity index (χ4v) is 3.08. The van der Waals surface area contributed by atoms with Crippen LogP contribution in [0.5, 0.6) is 5.75 Å². The van der Waals surface area contributed by atoms with E-state index in [0.717, 1.165) is 11.1 Å². The summed E-state index contributed by atoms with van der Waals surface area (Å²) in [6, 6.07) is 23.7. The minimum Gasteiger partial charge on any atom is -0.496 e. The highest BCUT2D eigenvalue weighted by molar-refractivity contribution is 5.97. The molecule has 0 spiro atoms. The van der Waals surface area contributed by atoms with Gasteiger partial charge in [0, 0.05) is 24.6 Å². The van der Waals surface area contributed by atoms with Crippen LogP contribution in [-0.2, 0) is 0 Å². The number of amides is 1. The van der Waals surface area contributed by atoms with Crippen molar-refractivity contribution in [3.63, 3.8) is 0 Å². The first kappa shape index (κ1) is 19.1. The van der Waals surface area contributed by atoms with Crippen LogP contribution in [0.25, 0.3) is 0 Å². The zero-order valence-electron chi connectivity index (χ0n) is 15.4. The van der Waals surface area contributed by atoms with E-state index < -0.39 is 10.8 Å². The molecule has 0 heterocycles. The maximum Gasteiger partial charge on any atom is 0.270 e. The van der Waals surface area contributed by atoms with Crippen LogP contribution >= 0.6 is 0 Å². The van der Waals surface area contributed by atoms with Crippen LogP contribution in [0.4, 0.5) is 5.69 Å². The Hall–Kier alpha value is -3.67. The number of benzene rings is 3. The van der Waals surface area contributed by atoms with Crippen LogP contribution in [0, 0.1) is 10.1 Å². The molecule has 0 unspecified atom stereocenters. The molecule has 0 aliphatic rings. The average Bonchev–Trinajstić information content (AvgIpc) is 2.74. The Kier molecular flexibility index (Phi) is 6.01. The van der Waals surface area contributed by atoms with E-state index in [2.05, 4.69) is 5.32 Å². The number of carbonyl (C=O) groups excluding carboxylic acids is 1. The van der Waals surface area contributed by atoms with E-state index in [1.54, 1.807) is 0 Å². The number of non-ortho nitro benzene ring substituents is 1. The number of hydrogen-bond acceptors (Lipinski definition) is 4. The molecular formula is C22H20N2O4. The van der Waals surface area contributed by atoms with Gasteiger partial charge in [-0.15, -0.1) is 0 Å². The number of rotatable bonds is 7. The topological polar surface area (TPSA) is 81.5 Å². The Morgan fingerprint density at radius 1 is 1.00 bits per heavy atom. The molecule has 3 aromatic carbocycles. The smallest absolute Gasteiger partial charge is 0.270 e. The highest BCUT2D eigenvalue weighted by Gasteiger charge is 2.20. The summed E-state index contributed by atoms with van der Waals surface area (Å²) in [5.74, 6) is -0.174. The van der Waals surface area contributed by atoms with Crippen molar-refractivity contribution in [2.24, 2.45) is 0 Å². The summed E-state index contributed by atoms with van der Waals surface area (Å²) in [5.41, 5.74) is 2.12. The van der Waals surface area contributed by atoms with E-state index in [4.69, 9.17) is 4.74 Å². The monoisotopic (exact) mass is 376 g/mol. The molecule has 28 heavy (non-hydrogen) atoms. The van der Waals surface area contributed by atoms with Crippen LogP contribution in [-0.4, -0.2) is 24.5 Å². The molecule has 0 saturated carbocycles. The van der Waals surface area contributed by atoms with Crippen molar-refractivity contribution < 1.29 is 14.5 Å². The molecule has 0 radical (unpaired) electrons. The second-order valence-corrected chi connectivity index (χ2v) is 6.23. The van der Waals surface area contributed by atoms with Crippen LogP contribution in [0.2, 0.25) is 0 Å². The third kappa shape index (κ3) is 4.35. The predicted octanol–water partition coefficient (Wildman–Crippen LogP) is 4.17. The van der Waals surface area contributed by atoms with Gasteiger partial charge in [0.15, 0.2) is 0 Å². The molecule has 0 aromatic heterocycles. The first-order chi connectivity index (χ1) is 13.6. The van der Waals surface area contributed by atoms with Gasteiger partial charge in [-0.2, -0.15) is 0 Å². The second kappa shape index (κ2) is 8.81. The van der Waals surface area contributed by atoms with Gasteiger partial charge < -0.3 is 10.1 Å². The van der Waals surface area contributed by atoms with Gasteiger partial charge in [0.05, 0.1) is 17.6 Å². The average molecular weight is 376 g/mol. The third-order valence-corrected chi connectivity index (χ3v) is 4.51. The van der Waals surface area contributed by atoms with E-state index in [1.165, 1.54) is 25.3 Å². The fourth-order valence-electron chi connectivity index (χ4n) is 3.08. The van der Waals surface area contributed by atoms with Gasteiger partial charge in [-0.1, -0.05) is 60.7 Å². The van der Waals surface area contributed by atoms with Crippen molar-refractivity contribution in [2.75, 3.05) is 13.7 Å². The molecule has 6 heteroatoms. The number of carbonyl (C=O) groups is 1. The SMILES string of the molecule is COc1ccc([N+](=O)[O-])cc1C(=O)NCC(c1ccccc1)c1ccccc1. The Balaban J connectivity index is 1.85. The van der Waals surface area contributed by atoms with Crippen LogP contribution < -0.4 is 10.1 Å². The van der Waals surface area contributed by atoms with Gasteiger partial charge in [0.1, 0.15) is 5.75 Å². The quantitative estimate of drug-likeness (QED) is 0.496. The highest BCUT2D eigenvalue weighted by atomic mass is 16.6. The molecule has 0 fully saturated rings. The van der Waals surface area contributed by atoms with E-state index >= 15 is 0 Å². The fraction of sp³-hybridized carbons (Fsp3) is 0.136. The summed E-state index contributed by atoms with van der Waals surface area (Å²) in [6.07, 6.45) is 0. The van der Waals surface area contributed by atoms with E-state index in [0.29, 0.717) is 12.3 Å². The standard InChI is InChI=1S/C22H20N2O4/c1-28-21-13-12-18(24(26)27)14-19(21)22(25)23-15-20(16-8-4-2-5-9-16)17-10-6-3-7-11-17/h2-14,20H,15H2,1H3,(H,23,25). The van der Waals surface area contributed by atoms with Crippen molar-refractivity contribution >= 4 is 11.6 Å². The lowest BCUT2D eigenvalue weighted by Crippen LogP contribution is -2.29. The lowest BCUT2D eigenvalue weighted by molar-refractivity contribution is -0.384. The van der Waals surface area contributed by atoms with Crippen LogP contribution in [0.1, 0.15) is 27.4 Å². The van der Waals surface area contributed by atoms with Gasteiger partial charge >= 0.3 is 0 Å². The number of nitrogens with zero attached hydrogens (tertiary/aromatic N) is 1. The molecule has 3 aromatic rings. The molecule has 0 aliphatic carbocycles. The number of nitro groups is 1. The number of nitro benzene ring substituents is 1. The van der Waals surface area contributed by atoms with Gasteiger partial charge in [-0.05, 0) is 17.2 Å². The molecule has 3 rings (SSSR count).